The Labute approximate surface area is 147 Å². The van der Waals surface area contributed by atoms with Crippen LogP contribution in [0.4, 0.5) is 0 Å². The van der Waals surface area contributed by atoms with Crippen molar-refractivity contribution in [1.29, 1.82) is 0 Å². The van der Waals surface area contributed by atoms with Gasteiger partial charge in [-0.1, -0.05) is 5.16 Å². The highest BCUT2D eigenvalue weighted by Crippen LogP contribution is 2.35. The molecule has 24 heavy (non-hydrogen) atoms. The summed E-state index contributed by atoms with van der Waals surface area (Å²) in [6.07, 6.45) is 4.35. The van der Waals surface area contributed by atoms with E-state index < -0.39 is 10.0 Å². The molecule has 2 aromatic rings. The highest BCUT2D eigenvalue weighted by Gasteiger charge is 2.30. The van der Waals surface area contributed by atoms with Crippen molar-refractivity contribution < 1.29 is 12.9 Å². The van der Waals surface area contributed by atoms with Crippen LogP contribution in [-0.4, -0.2) is 56.0 Å². The Balaban J connectivity index is 1.85. The van der Waals surface area contributed by atoms with Gasteiger partial charge in [0.15, 0.2) is 5.76 Å². The van der Waals surface area contributed by atoms with E-state index in [1.165, 1.54) is 11.3 Å². The van der Waals surface area contributed by atoms with Crippen molar-refractivity contribution in [2.45, 2.75) is 37.1 Å². The maximum Gasteiger partial charge on any atom is 0.244 e. The summed E-state index contributed by atoms with van der Waals surface area (Å²) in [6, 6.07) is 3.90. The molecule has 1 aliphatic rings. The Morgan fingerprint density at radius 1 is 1.33 bits per heavy atom. The number of thiophene rings is 1. The third kappa shape index (κ3) is 3.42. The molecule has 1 saturated heterocycles. The van der Waals surface area contributed by atoms with Gasteiger partial charge in [0, 0.05) is 30.1 Å². The number of aromatic nitrogens is 1. The van der Waals surface area contributed by atoms with Crippen molar-refractivity contribution in [3.8, 4) is 10.6 Å². The second kappa shape index (κ2) is 6.95. The average Bonchev–Trinajstić information content (AvgIpc) is 3.10. The van der Waals surface area contributed by atoms with E-state index in [0.717, 1.165) is 29.0 Å². The lowest BCUT2D eigenvalue weighted by Gasteiger charge is -2.23. The zero-order valence-corrected chi connectivity index (χ0v) is 15.9. The van der Waals surface area contributed by atoms with Crippen LogP contribution < -0.4 is 0 Å². The number of aryl methyl sites for hydroxylation is 1. The summed E-state index contributed by atoms with van der Waals surface area (Å²) >= 11 is 1.43. The maximum absolute atomic E-state index is 13.1. The fraction of sp³-hybridized carbons (Fsp3) is 0.562. The van der Waals surface area contributed by atoms with Crippen LogP contribution in [-0.2, 0) is 10.0 Å². The Morgan fingerprint density at radius 3 is 2.79 bits per heavy atom. The lowest BCUT2D eigenvalue weighted by Crippen LogP contribution is -2.33. The molecule has 0 saturated carbocycles. The Kier molecular flexibility index (Phi) is 5.10. The van der Waals surface area contributed by atoms with Crippen molar-refractivity contribution in [2.24, 2.45) is 0 Å². The summed E-state index contributed by atoms with van der Waals surface area (Å²) in [5.41, 5.74) is 0. The molecule has 1 fully saturated rings. The summed E-state index contributed by atoms with van der Waals surface area (Å²) in [6.45, 7) is 3.00. The van der Waals surface area contributed by atoms with Gasteiger partial charge in [-0.3, -0.25) is 0 Å². The molecule has 0 amide bonds. The molecule has 0 N–H and O–H groups in total. The first kappa shape index (κ1) is 17.6. The summed E-state index contributed by atoms with van der Waals surface area (Å²) < 4.78 is 33.0. The zero-order valence-electron chi connectivity index (χ0n) is 14.2. The molecule has 1 atom stereocenters. The number of hydrogen-bond donors (Lipinski definition) is 0. The standard InChI is InChI=1S/C16H23N3O3S2/c1-12-16(11-15(23-12)14-6-8-17-22-14)24(20,21)19-9-4-5-13(7-10-19)18(2)3/h6,8,11,13H,4-5,7,9-10H2,1-3H3. The van der Waals surface area contributed by atoms with Crippen LogP contribution in [0.25, 0.3) is 10.6 Å². The van der Waals surface area contributed by atoms with Crippen LogP contribution in [0.15, 0.2) is 27.7 Å². The molecular formula is C16H23N3O3S2. The average molecular weight is 370 g/mol. The predicted octanol–water partition coefficient (Wildman–Crippen LogP) is 2.82. The Morgan fingerprint density at radius 2 is 2.12 bits per heavy atom. The molecule has 1 aliphatic heterocycles. The van der Waals surface area contributed by atoms with Gasteiger partial charge < -0.3 is 9.42 Å². The van der Waals surface area contributed by atoms with Crippen LogP contribution in [0.1, 0.15) is 24.1 Å². The van der Waals surface area contributed by atoms with Crippen LogP contribution in [0.3, 0.4) is 0 Å². The van der Waals surface area contributed by atoms with E-state index in [1.54, 1.807) is 22.6 Å². The van der Waals surface area contributed by atoms with Gasteiger partial charge in [0.05, 0.1) is 16.0 Å². The first-order chi connectivity index (χ1) is 11.4. The van der Waals surface area contributed by atoms with E-state index in [2.05, 4.69) is 24.2 Å². The van der Waals surface area contributed by atoms with Gasteiger partial charge in [-0.05, 0) is 46.3 Å². The van der Waals surface area contributed by atoms with E-state index in [0.29, 0.717) is 29.8 Å². The van der Waals surface area contributed by atoms with Crippen LogP contribution >= 0.6 is 11.3 Å². The first-order valence-corrected chi connectivity index (χ1v) is 10.3. The third-order valence-corrected chi connectivity index (χ3v) is 7.78. The van der Waals surface area contributed by atoms with Crippen LogP contribution in [0.5, 0.6) is 0 Å². The molecule has 2 aromatic heterocycles. The molecule has 1 unspecified atom stereocenters. The first-order valence-electron chi connectivity index (χ1n) is 8.07. The minimum absolute atomic E-state index is 0.391. The highest BCUT2D eigenvalue weighted by molar-refractivity contribution is 7.89. The number of sulfonamides is 1. The van der Waals surface area contributed by atoms with E-state index in [9.17, 15) is 8.42 Å². The largest absolute Gasteiger partial charge is 0.355 e. The fourth-order valence-electron chi connectivity index (χ4n) is 3.13. The van der Waals surface area contributed by atoms with Gasteiger partial charge in [0.25, 0.3) is 0 Å². The molecule has 0 bridgehead atoms. The third-order valence-electron chi connectivity index (χ3n) is 4.56. The van der Waals surface area contributed by atoms with E-state index in [4.69, 9.17) is 4.52 Å². The van der Waals surface area contributed by atoms with Crippen molar-refractivity contribution in [3.05, 3.63) is 23.2 Å². The predicted molar refractivity (Wildman–Crippen MR) is 94.6 cm³/mol. The summed E-state index contributed by atoms with van der Waals surface area (Å²) in [7, 11) is 0.642. The van der Waals surface area contributed by atoms with Crippen molar-refractivity contribution >= 4 is 21.4 Å². The van der Waals surface area contributed by atoms with Gasteiger partial charge >= 0.3 is 0 Å². The zero-order chi connectivity index (χ0) is 17.3. The summed E-state index contributed by atoms with van der Waals surface area (Å²) in [5.74, 6) is 0.605. The SMILES string of the molecule is Cc1sc(-c2ccno2)cc1S(=O)(=O)N1CCCC(N(C)C)CC1. The van der Waals surface area contributed by atoms with Gasteiger partial charge in [-0.15, -0.1) is 11.3 Å². The van der Waals surface area contributed by atoms with Crippen LogP contribution in [0.2, 0.25) is 0 Å². The summed E-state index contributed by atoms with van der Waals surface area (Å²) in [4.78, 5) is 4.16. The minimum atomic E-state index is -3.47. The Bertz CT molecular complexity index is 782. The van der Waals surface area contributed by atoms with Gasteiger partial charge in [0.1, 0.15) is 0 Å². The monoisotopic (exact) mass is 369 g/mol. The lowest BCUT2D eigenvalue weighted by atomic mass is 10.1. The smallest absolute Gasteiger partial charge is 0.244 e. The van der Waals surface area contributed by atoms with Crippen molar-refractivity contribution in [2.75, 3.05) is 27.2 Å². The van der Waals surface area contributed by atoms with Gasteiger partial charge in [-0.25, -0.2) is 8.42 Å². The second-order valence-corrected chi connectivity index (χ2v) is 9.52. The number of hydrogen-bond acceptors (Lipinski definition) is 6. The van der Waals surface area contributed by atoms with Crippen LogP contribution in [0, 0.1) is 6.92 Å². The topological polar surface area (TPSA) is 66.7 Å². The molecule has 3 rings (SSSR count). The van der Waals surface area contributed by atoms with Gasteiger partial charge in [-0.2, -0.15) is 4.31 Å². The van der Waals surface area contributed by atoms with E-state index >= 15 is 0 Å². The fourth-order valence-corrected chi connectivity index (χ4v) is 6.15. The highest BCUT2D eigenvalue weighted by atomic mass is 32.2. The normalized spacial score (nSPS) is 20.4. The Hall–Kier alpha value is -1.22. The molecule has 0 radical (unpaired) electrons. The molecule has 6 nitrogen and oxygen atoms in total. The van der Waals surface area contributed by atoms with Crippen molar-refractivity contribution in [3.63, 3.8) is 0 Å². The molecule has 132 valence electrons. The minimum Gasteiger partial charge on any atom is -0.355 e. The molecule has 3 heterocycles. The molecule has 8 heteroatoms. The number of nitrogens with zero attached hydrogens (tertiary/aromatic N) is 3. The van der Waals surface area contributed by atoms with Crippen molar-refractivity contribution in [1.82, 2.24) is 14.4 Å². The lowest BCUT2D eigenvalue weighted by molar-refractivity contribution is 0.268. The van der Waals surface area contributed by atoms with E-state index in [-0.39, 0.29) is 0 Å². The molecule has 0 spiro atoms. The second-order valence-electron chi connectivity index (χ2n) is 6.36. The summed E-state index contributed by atoms with van der Waals surface area (Å²) in [5, 5.41) is 3.69. The maximum atomic E-state index is 13.1. The van der Waals surface area contributed by atoms with E-state index in [1.807, 2.05) is 6.92 Å². The quantitative estimate of drug-likeness (QED) is 0.829. The molecular weight excluding hydrogens is 346 g/mol. The molecule has 0 aromatic carbocycles. The van der Waals surface area contributed by atoms with Gasteiger partial charge in [0.2, 0.25) is 10.0 Å². The number of rotatable bonds is 4. The molecule has 0 aliphatic carbocycles.